The number of benzene rings is 1. The Labute approximate surface area is 121 Å². The molecule has 1 unspecified atom stereocenters. The number of nitrogens with one attached hydrogen (secondary N) is 1. The molecule has 1 N–H and O–H groups in total. The summed E-state index contributed by atoms with van der Waals surface area (Å²) in [7, 11) is 1.69. The van der Waals surface area contributed by atoms with E-state index in [1.54, 1.807) is 7.11 Å². The van der Waals surface area contributed by atoms with Gasteiger partial charge in [-0.15, -0.1) is 0 Å². The molecular weight excluding hydrogens is 254 g/mol. The largest absolute Gasteiger partial charge is 0.466 e. The Morgan fingerprint density at radius 2 is 2.05 bits per heavy atom. The van der Waals surface area contributed by atoms with Gasteiger partial charge in [0.25, 0.3) is 0 Å². The standard InChI is InChI=1S/C16H25NO3/c1-3-20-16(18)13-15(17-10-7-11-19-2)12-14-8-5-4-6-9-14/h4-6,8-9,15,17H,3,7,10-13H2,1-2H3. The summed E-state index contributed by atoms with van der Waals surface area (Å²) in [5.41, 5.74) is 1.22. The lowest BCUT2D eigenvalue weighted by molar-refractivity contribution is -0.143. The summed E-state index contributed by atoms with van der Waals surface area (Å²) >= 11 is 0. The van der Waals surface area contributed by atoms with Gasteiger partial charge in [-0.3, -0.25) is 4.79 Å². The highest BCUT2D eigenvalue weighted by molar-refractivity contribution is 5.70. The zero-order chi connectivity index (χ0) is 14.6. The molecule has 0 fully saturated rings. The fourth-order valence-corrected chi connectivity index (χ4v) is 2.06. The van der Waals surface area contributed by atoms with Crippen LogP contribution in [0.1, 0.15) is 25.3 Å². The Morgan fingerprint density at radius 3 is 2.70 bits per heavy atom. The van der Waals surface area contributed by atoms with E-state index < -0.39 is 0 Å². The first kappa shape index (κ1) is 16.7. The lowest BCUT2D eigenvalue weighted by Gasteiger charge is -2.18. The van der Waals surface area contributed by atoms with Gasteiger partial charge in [0.2, 0.25) is 0 Å². The summed E-state index contributed by atoms with van der Waals surface area (Å²) in [6, 6.07) is 10.3. The van der Waals surface area contributed by atoms with E-state index in [9.17, 15) is 4.79 Å². The van der Waals surface area contributed by atoms with E-state index in [1.165, 1.54) is 5.56 Å². The van der Waals surface area contributed by atoms with Crippen LogP contribution in [0.15, 0.2) is 30.3 Å². The van der Waals surface area contributed by atoms with E-state index >= 15 is 0 Å². The monoisotopic (exact) mass is 279 g/mol. The van der Waals surface area contributed by atoms with Gasteiger partial charge in [0.15, 0.2) is 0 Å². The molecule has 0 spiro atoms. The first-order valence-corrected chi connectivity index (χ1v) is 7.18. The molecule has 1 atom stereocenters. The molecule has 20 heavy (non-hydrogen) atoms. The number of rotatable bonds is 10. The average Bonchev–Trinajstić information content (AvgIpc) is 2.45. The van der Waals surface area contributed by atoms with E-state index in [2.05, 4.69) is 17.4 Å². The molecule has 4 heteroatoms. The van der Waals surface area contributed by atoms with Crippen LogP contribution in [0.5, 0.6) is 0 Å². The van der Waals surface area contributed by atoms with E-state index in [0.29, 0.717) is 13.0 Å². The lowest BCUT2D eigenvalue weighted by atomic mass is 10.0. The third kappa shape index (κ3) is 7.26. The Kier molecular flexibility index (Phi) is 8.67. The number of hydrogen-bond donors (Lipinski definition) is 1. The molecule has 112 valence electrons. The summed E-state index contributed by atoms with van der Waals surface area (Å²) in [5, 5.41) is 3.41. The molecule has 1 aromatic rings. The summed E-state index contributed by atoms with van der Waals surface area (Å²) in [5.74, 6) is -0.146. The molecule has 0 aliphatic carbocycles. The zero-order valence-corrected chi connectivity index (χ0v) is 12.4. The van der Waals surface area contributed by atoms with Gasteiger partial charge in [0.05, 0.1) is 13.0 Å². The third-order valence-electron chi connectivity index (χ3n) is 3.00. The Bertz CT molecular complexity index is 367. The Balaban J connectivity index is 2.47. The van der Waals surface area contributed by atoms with E-state index in [-0.39, 0.29) is 12.0 Å². The maximum atomic E-state index is 11.6. The number of methoxy groups -OCH3 is 1. The zero-order valence-electron chi connectivity index (χ0n) is 12.4. The molecule has 4 nitrogen and oxygen atoms in total. The highest BCUT2D eigenvalue weighted by Gasteiger charge is 2.14. The van der Waals surface area contributed by atoms with Crippen LogP contribution in [0.3, 0.4) is 0 Å². The SMILES string of the molecule is CCOC(=O)CC(Cc1ccccc1)NCCCOC. The predicted molar refractivity (Wildman–Crippen MR) is 79.7 cm³/mol. The van der Waals surface area contributed by atoms with Crippen molar-refractivity contribution in [3.63, 3.8) is 0 Å². The molecule has 1 rings (SSSR count). The first-order valence-electron chi connectivity index (χ1n) is 7.18. The van der Waals surface area contributed by atoms with Gasteiger partial charge in [-0.2, -0.15) is 0 Å². The minimum Gasteiger partial charge on any atom is -0.466 e. The van der Waals surface area contributed by atoms with Crippen molar-refractivity contribution in [2.24, 2.45) is 0 Å². The second-order valence-corrected chi connectivity index (χ2v) is 4.70. The molecule has 0 radical (unpaired) electrons. The number of carbonyl (C=O) groups excluding carboxylic acids is 1. The highest BCUT2D eigenvalue weighted by Crippen LogP contribution is 2.07. The first-order chi connectivity index (χ1) is 9.76. The molecule has 0 aromatic heterocycles. The number of hydrogen-bond acceptors (Lipinski definition) is 4. The summed E-state index contributed by atoms with van der Waals surface area (Å²) in [6.45, 7) is 3.83. The number of carbonyl (C=O) groups is 1. The van der Waals surface area contributed by atoms with E-state index in [0.717, 1.165) is 26.0 Å². The van der Waals surface area contributed by atoms with Crippen molar-refractivity contribution < 1.29 is 14.3 Å². The average molecular weight is 279 g/mol. The third-order valence-corrected chi connectivity index (χ3v) is 3.00. The van der Waals surface area contributed by atoms with Crippen LogP contribution in [-0.4, -0.2) is 38.9 Å². The van der Waals surface area contributed by atoms with Crippen LogP contribution in [0.2, 0.25) is 0 Å². The summed E-state index contributed by atoms with van der Waals surface area (Å²) in [6.07, 6.45) is 2.16. The molecule has 0 aliphatic heterocycles. The molecule has 0 saturated heterocycles. The van der Waals surface area contributed by atoms with Gasteiger partial charge < -0.3 is 14.8 Å². The van der Waals surface area contributed by atoms with Crippen LogP contribution < -0.4 is 5.32 Å². The van der Waals surface area contributed by atoms with Gasteiger partial charge in [0.1, 0.15) is 0 Å². The predicted octanol–water partition coefficient (Wildman–Crippen LogP) is 2.18. The van der Waals surface area contributed by atoms with Crippen molar-refractivity contribution in [3.05, 3.63) is 35.9 Å². The van der Waals surface area contributed by atoms with Crippen molar-refractivity contribution in [2.45, 2.75) is 32.2 Å². The topological polar surface area (TPSA) is 47.6 Å². The van der Waals surface area contributed by atoms with Crippen LogP contribution >= 0.6 is 0 Å². The van der Waals surface area contributed by atoms with Gasteiger partial charge in [-0.05, 0) is 31.9 Å². The smallest absolute Gasteiger partial charge is 0.307 e. The maximum Gasteiger partial charge on any atom is 0.307 e. The fourth-order valence-electron chi connectivity index (χ4n) is 2.06. The maximum absolute atomic E-state index is 11.6. The molecular formula is C16H25NO3. The molecule has 0 heterocycles. The second-order valence-electron chi connectivity index (χ2n) is 4.70. The Hall–Kier alpha value is -1.39. The number of esters is 1. The van der Waals surface area contributed by atoms with Crippen molar-refractivity contribution in [1.82, 2.24) is 5.32 Å². The summed E-state index contributed by atoms with van der Waals surface area (Å²) in [4.78, 5) is 11.6. The van der Waals surface area contributed by atoms with Crippen molar-refractivity contribution in [2.75, 3.05) is 26.9 Å². The van der Waals surface area contributed by atoms with Gasteiger partial charge in [-0.25, -0.2) is 0 Å². The van der Waals surface area contributed by atoms with Gasteiger partial charge in [-0.1, -0.05) is 30.3 Å². The van der Waals surface area contributed by atoms with Crippen LogP contribution in [0.25, 0.3) is 0 Å². The van der Waals surface area contributed by atoms with Gasteiger partial charge in [0, 0.05) is 19.8 Å². The van der Waals surface area contributed by atoms with Gasteiger partial charge >= 0.3 is 5.97 Å². The van der Waals surface area contributed by atoms with Crippen LogP contribution in [-0.2, 0) is 20.7 Å². The Morgan fingerprint density at radius 1 is 1.30 bits per heavy atom. The van der Waals surface area contributed by atoms with Crippen molar-refractivity contribution in [1.29, 1.82) is 0 Å². The highest BCUT2D eigenvalue weighted by atomic mass is 16.5. The lowest BCUT2D eigenvalue weighted by Crippen LogP contribution is -2.35. The molecule has 0 aliphatic rings. The molecule has 0 amide bonds. The van der Waals surface area contributed by atoms with Crippen LogP contribution in [0.4, 0.5) is 0 Å². The fraction of sp³-hybridized carbons (Fsp3) is 0.562. The second kappa shape index (κ2) is 10.4. The quantitative estimate of drug-likeness (QED) is 0.527. The molecule has 1 aromatic carbocycles. The van der Waals surface area contributed by atoms with E-state index in [4.69, 9.17) is 9.47 Å². The van der Waals surface area contributed by atoms with E-state index in [1.807, 2.05) is 25.1 Å². The molecule has 0 bridgehead atoms. The van der Waals surface area contributed by atoms with Crippen LogP contribution in [0, 0.1) is 0 Å². The summed E-state index contributed by atoms with van der Waals surface area (Å²) < 4.78 is 10.1. The molecule has 0 saturated carbocycles. The normalized spacial score (nSPS) is 12.1. The minimum absolute atomic E-state index is 0.105. The van der Waals surface area contributed by atoms with Crippen molar-refractivity contribution >= 4 is 5.97 Å². The van der Waals surface area contributed by atoms with Crippen molar-refractivity contribution in [3.8, 4) is 0 Å². The minimum atomic E-state index is -0.146. The number of ether oxygens (including phenoxy) is 2.